The normalized spacial score (nSPS) is 11.9. The molecule has 0 saturated heterocycles. The van der Waals surface area contributed by atoms with Gasteiger partial charge >= 0.3 is 0 Å². The summed E-state index contributed by atoms with van der Waals surface area (Å²) in [4.78, 5) is 26.7. The molecule has 1 unspecified atom stereocenters. The Kier molecular flexibility index (Phi) is 7.59. The first kappa shape index (κ1) is 19.0. The number of hydrogen-bond donors (Lipinski definition) is 1. The number of likely N-dealkylation sites (N-methyl/N-ethyl adjacent to an activating group) is 1. The zero-order valence-electron chi connectivity index (χ0n) is 14.8. The third-order valence-electron chi connectivity index (χ3n) is 3.72. The highest BCUT2D eigenvalue weighted by molar-refractivity contribution is 5.97. The molecule has 1 aromatic carbocycles. The lowest BCUT2D eigenvalue weighted by Gasteiger charge is -2.28. The first-order chi connectivity index (χ1) is 10.9. The number of ether oxygens (including phenoxy) is 1. The predicted octanol–water partition coefficient (Wildman–Crippen LogP) is 2.71. The van der Waals surface area contributed by atoms with Gasteiger partial charge in [-0.2, -0.15) is 0 Å². The first-order valence-corrected chi connectivity index (χ1v) is 8.27. The fourth-order valence-corrected chi connectivity index (χ4v) is 2.34. The Balaban J connectivity index is 2.83. The van der Waals surface area contributed by atoms with Crippen molar-refractivity contribution in [1.82, 2.24) is 10.2 Å². The maximum Gasteiger partial charge on any atom is 0.251 e. The maximum atomic E-state index is 12.5. The molecule has 1 rings (SSSR count). The highest BCUT2D eigenvalue weighted by Gasteiger charge is 2.27. The number of amides is 2. The lowest BCUT2D eigenvalue weighted by atomic mass is 10.0. The predicted molar refractivity (Wildman–Crippen MR) is 91.6 cm³/mol. The van der Waals surface area contributed by atoms with E-state index in [1.54, 1.807) is 29.2 Å². The Morgan fingerprint density at radius 3 is 2.09 bits per heavy atom. The van der Waals surface area contributed by atoms with E-state index in [9.17, 15) is 9.59 Å². The van der Waals surface area contributed by atoms with Gasteiger partial charge in [0, 0.05) is 18.7 Å². The molecular weight excluding hydrogens is 292 g/mol. The molecule has 0 bridgehead atoms. The monoisotopic (exact) mass is 320 g/mol. The van der Waals surface area contributed by atoms with Crippen LogP contribution in [0.3, 0.4) is 0 Å². The molecule has 0 aliphatic carbocycles. The fourth-order valence-electron chi connectivity index (χ4n) is 2.34. The van der Waals surface area contributed by atoms with Crippen molar-refractivity contribution in [3.63, 3.8) is 0 Å². The number of hydrogen-bond acceptors (Lipinski definition) is 3. The third kappa shape index (κ3) is 5.27. The van der Waals surface area contributed by atoms with E-state index < -0.39 is 6.04 Å². The average Bonchev–Trinajstić information content (AvgIpc) is 2.54. The van der Waals surface area contributed by atoms with Crippen LogP contribution in [0.1, 0.15) is 45.0 Å². The van der Waals surface area contributed by atoms with Crippen molar-refractivity contribution < 1.29 is 14.3 Å². The van der Waals surface area contributed by atoms with E-state index in [1.807, 2.05) is 34.6 Å². The van der Waals surface area contributed by atoms with Gasteiger partial charge in [0.05, 0.1) is 6.61 Å². The molecule has 0 radical (unpaired) electrons. The Hall–Kier alpha value is -2.04. The van der Waals surface area contributed by atoms with Crippen LogP contribution in [0.4, 0.5) is 0 Å². The van der Waals surface area contributed by atoms with Gasteiger partial charge in [-0.15, -0.1) is 0 Å². The number of benzene rings is 1. The SMILES string of the molecule is CCOc1ccc(C(=O)NC(C(=O)N(CC)CC)C(C)C)cc1. The van der Waals surface area contributed by atoms with Gasteiger partial charge in [-0.05, 0) is 51.0 Å². The summed E-state index contributed by atoms with van der Waals surface area (Å²) in [5.41, 5.74) is 0.520. The largest absolute Gasteiger partial charge is 0.494 e. The molecule has 1 N–H and O–H groups in total. The van der Waals surface area contributed by atoms with E-state index >= 15 is 0 Å². The Labute approximate surface area is 139 Å². The van der Waals surface area contributed by atoms with Crippen LogP contribution in [-0.4, -0.2) is 42.5 Å². The summed E-state index contributed by atoms with van der Waals surface area (Å²) in [6, 6.07) is 6.41. The molecule has 1 aromatic rings. The smallest absolute Gasteiger partial charge is 0.251 e. The second-order valence-corrected chi connectivity index (χ2v) is 5.66. The van der Waals surface area contributed by atoms with Crippen molar-refractivity contribution in [2.45, 2.75) is 40.7 Å². The van der Waals surface area contributed by atoms with E-state index in [-0.39, 0.29) is 17.7 Å². The van der Waals surface area contributed by atoms with Gasteiger partial charge in [-0.1, -0.05) is 13.8 Å². The van der Waals surface area contributed by atoms with Crippen LogP contribution in [0, 0.1) is 5.92 Å². The van der Waals surface area contributed by atoms with Gasteiger partial charge in [0.2, 0.25) is 5.91 Å². The fraction of sp³-hybridized carbons (Fsp3) is 0.556. The van der Waals surface area contributed by atoms with Crippen LogP contribution in [0.15, 0.2) is 24.3 Å². The van der Waals surface area contributed by atoms with Crippen LogP contribution < -0.4 is 10.1 Å². The average molecular weight is 320 g/mol. The molecule has 5 heteroatoms. The molecule has 0 heterocycles. The molecule has 0 saturated carbocycles. The molecule has 0 aromatic heterocycles. The number of carbonyl (C=O) groups excluding carboxylic acids is 2. The standard InChI is InChI=1S/C18H28N2O3/c1-6-20(7-2)18(22)16(13(4)5)19-17(21)14-9-11-15(12-10-14)23-8-3/h9-13,16H,6-8H2,1-5H3,(H,19,21). The van der Waals surface area contributed by atoms with Gasteiger partial charge in [-0.25, -0.2) is 0 Å². The summed E-state index contributed by atoms with van der Waals surface area (Å²) in [5, 5.41) is 2.86. The third-order valence-corrected chi connectivity index (χ3v) is 3.72. The number of carbonyl (C=O) groups is 2. The molecule has 0 fully saturated rings. The second-order valence-electron chi connectivity index (χ2n) is 5.66. The van der Waals surface area contributed by atoms with Crippen LogP contribution in [0.25, 0.3) is 0 Å². The Bertz CT molecular complexity index is 508. The van der Waals surface area contributed by atoms with Crippen LogP contribution >= 0.6 is 0 Å². The van der Waals surface area contributed by atoms with E-state index in [2.05, 4.69) is 5.32 Å². The second kappa shape index (κ2) is 9.18. The minimum atomic E-state index is -0.519. The topological polar surface area (TPSA) is 58.6 Å². The maximum absolute atomic E-state index is 12.5. The van der Waals surface area contributed by atoms with Crippen molar-refractivity contribution in [2.75, 3.05) is 19.7 Å². The van der Waals surface area contributed by atoms with E-state index in [4.69, 9.17) is 4.74 Å². The Morgan fingerprint density at radius 1 is 1.09 bits per heavy atom. The quantitative estimate of drug-likeness (QED) is 0.801. The van der Waals surface area contributed by atoms with Gasteiger partial charge in [-0.3, -0.25) is 9.59 Å². The van der Waals surface area contributed by atoms with Crippen molar-refractivity contribution in [3.05, 3.63) is 29.8 Å². The van der Waals surface area contributed by atoms with Gasteiger partial charge in [0.25, 0.3) is 5.91 Å². The van der Waals surface area contributed by atoms with Gasteiger partial charge in [0.15, 0.2) is 0 Å². The summed E-state index contributed by atoms with van der Waals surface area (Å²) in [6.45, 7) is 11.5. The lowest BCUT2D eigenvalue weighted by molar-refractivity contribution is -0.133. The summed E-state index contributed by atoms with van der Waals surface area (Å²) in [6.07, 6.45) is 0. The minimum absolute atomic E-state index is 0.0229. The summed E-state index contributed by atoms with van der Waals surface area (Å²) in [7, 11) is 0. The van der Waals surface area contributed by atoms with Crippen LogP contribution in [-0.2, 0) is 4.79 Å². The number of nitrogens with one attached hydrogen (secondary N) is 1. The molecule has 2 amide bonds. The molecule has 0 aliphatic heterocycles. The van der Waals surface area contributed by atoms with E-state index in [1.165, 1.54) is 0 Å². The Morgan fingerprint density at radius 2 is 1.65 bits per heavy atom. The number of nitrogens with zero attached hydrogens (tertiary/aromatic N) is 1. The summed E-state index contributed by atoms with van der Waals surface area (Å²) >= 11 is 0. The van der Waals surface area contributed by atoms with Crippen molar-refractivity contribution >= 4 is 11.8 Å². The summed E-state index contributed by atoms with van der Waals surface area (Å²) < 4.78 is 5.37. The molecule has 0 spiro atoms. The van der Waals surface area contributed by atoms with E-state index in [0.29, 0.717) is 25.3 Å². The molecule has 0 aliphatic rings. The van der Waals surface area contributed by atoms with Gasteiger partial charge < -0.3 is 15.0 Å². The molecule has 1 atom stereocenters. The highest BCUT2D eigenvalue weighted by atomic mass is 16.5. The van der Waals surface area contributed by atoms with Crippen molar-refractivity contribution in [1.29, 1.82) is 0 Å². The van der Waals surface area contributed by atoms with Crippen molar-refractivity contribution in [2.24, 2.45) is 5.92 Å². The molecule has 128 valence electrons. The summed E-state index contributed by atoms with van der Waals surface area (Å²) in [5.74, 6) is 0.468. The highest BCUT2D eigenvalue weighted by Crippen LogP contribution is 2.13. The van der Waals surface area contributed by atoms with E-state index in [0.717, 1.165) is 5.75 Å². The zero-order valence-corrected chi connectivity index (χ0v) is 14.8. The molecular formula is C18H28N2O3. The van der Waals surface area contributed by atoms with Crippen LogP contribution in [0.2, 0.25) is 0 Å². The lowest BCUT2D eigenvalue weighted by Crippen LogP contribution is -2.51. The number of rotatable bonds is 8. The van der Waals surface area contributed by atoms with Gasteiger partial charge in [0.1, 0.15) is 11.8 Å². The molecule has 23 heavy (non-hydrogen) atoms. The first-order valence-electron chi connectivity index (χ1n) is 8.27. The minimum Gasteiger partial charge on any atom is -0.494 e. The molecule has 5 nitrogen and oxygen atoms in total. The zero-order chi connectivity index (χ0) is 17.4. The van der Waals surface area contributed by atoms with Crippen molar-refractivity contribution in [3.8, 4) is 5.75 Å². The van der Waals surface area contributed by atoms with Crippen LogP contribution in [0.5, 0.6) is 5.75 Å².